The molecule has 0 amide bonds. The summed E-state index contributed by atoms with van der Waals surface area (Å²) in [5.74, 6) is 0.492. The molecule has 1 heteroatoms. The third-order valence-electron chi connectivity index (χ3n) is 3.06. The molecular formula is C16H23N. The van der Waals surface area contributed by atoms with Gasteiger partial charge in [0.25, 0.3) is 0 Å². The summed E-state index contributed by atoms with van der Waals surface area (Å²) in [4.78, 5) is 0. The lowest BCUT2D eigenvalue weighted by atomic mass is 9.91. The maximum atomic E-state index is 3.98. The Morgan fingerprint density at radius 1 is 1.47 bits per heavy atom. The van der Waals surface area contributed by atoms with E-state index < -0.39 is 0 Å². The Balaban J connectivity index is 2.79. The minimum absolute atomic E-state index is 0.492. The first-order valence-corrected chi connectivity index (χ1v) is 6.11. The highest BCUT2D eigenvalue weighted by Gasteiger charge is 2.08. The fourth-order valence-electron chi connectivity index (χ4n) is 2.05. The fourth-order valence-corrected chi connectivity index (χ4v) is 2.05. The van der Waals surface area contributed by atoms with Gasteiger partial charge in [-0.15, -0.1) is 13.2 Å². The smallest absolute Gasteiger partial charge is 0.0340 e. The summed E-state index contributed by atoms with van der Waals surface area (Å²) in [7, 11) is 1.95. The van der Waals surface area contributed by atoms with Gasteiger partial charge in [0.2, 0.25) is 0 Å². The van der Waals surface area contributed by atoms with Crippen molar-refractivity contribution in [3.05, 3.63) is 54.1 Å². The Labute approximate surface area is 105 Å². The lowest BCUT2D eigenvalue weighted by Gasteiger charge is -2.15. The first kappa shape index (κ1) is 13.6. The van der Waals surface area contributed by atoms with Crippen LogP contribution in [0.3, 0.4) is 0 Å². The summed E-state index contributed by atoms with van der Waals surface area (Å²) < 4.78 is 0. The Hall–Kier alpha value is -1.50. The molecule has 0 spiro atoms. The maximum Gasteiger partial charge on any atom is 0.0340 e. The van der Waals surface area contributed by atoms with E-state index >= 15 is 0 Å². The average Bonchev–Trinajstić information content (AvgIpc) is 2.29. The summed E-state index contributed by atoms with van der Waals surface area (Å²) in [5.41, 5.74) is 5.13. The topological polar surface area (TPSA) is 12.0 Å². The van der Waals surface area contributed by atoms with E-state index in [1.165, 1.54) is 22.4 Å². The van der Waals surface area contributed by atoms with E-state index in [9.17, 15) is 0 Å². The number of aryl methyl sites for hydroxylation is 1. The number of hydrogen-bond donors (Lipinski definition) is 1. The van der Waals surface area contributed by atoms with E-state index in [2.05, 4.69) is 50.5 Å². The molecule has 92 valence electrons. The number of benzene rings is 1. The second kappa shape index (κ2) is 6.29. The van der Waals surface area contributed by atoms with Gasteiger partial charge in [-0.3, -0.25) is 0 Å². The molecule has 0 fully saturated rings. The number of anilines is 1. The molecule has 1 unspecified atom stereocenters. The number of allylic oxidation sites excluding steroid dienone is 2. The molecule has 0 saturated heterocycles. The summed E-state index contributed by atoms with van der Waals surface area (Å²) in [6.45, 7) is 12.1. The Kier molecular flexibility index (Phi) is 5.02. The van der Waals surface area contributed by atoms with Crippen molar-refractivity contribution in [3.63, 3.8) is 0 Å². The predicted octanol–water partition coefficient (Wildman–Crippen LogP) is 4.35. The summed E-state index contributed by atoms with van der Waals surface area (Å²) in [6, 6.07) is 6.52. The first-order chi connectivity index (χ1) is 8.06. The first-order valence-electron chi connectivity index (χ1n) is 6.11. The Morgan fingerprint density at radius 3 is 2.65 bits per heavy atom. The van der Waals surface area contributed by atoms with Crippen LogP contribution in [0.4, 0.5) is 5.69 Å². The summed E-state index contributed by atoms with van der Waals surface area (Å²) in [5, 5.41) is 3.16. The van der Waals surface area contributed by atoms with Gasteiger partial charge in [-0.2, -0.15) is 0 Å². The molecule has 1 aromatic carbocycles. The van der Waals surface area contributed by atoms with Crippen molar-refractivity contribution in [1.82, 2.24) is 0 Å². The molecule has 0 bridgehead atoms. The van der Waals surface area contributed by atoms with Crippen LogP contribution in [0.1, 0.15) is 24.5 Å². The largest absolute Gasteiger partial charge is 0.388 e. The molecule has 0 aliphatic rings. The van der Waals surface area contributed by atoms with Gasteiger partial charge in [-0.25, -0.2) is 0 Å². The summed E-state index contributed by atoms with van der Waals surface area (Å²) in [6.07, 6.45) is 4.11. The highest BCUT2D eigenvalue weighted by atomic mass is 14.8. The van der Waals surface area contributed by atoms with Gasteiger partial charge >= 0.3 is 0 Å². The second-order valence-corrected chi connectivity index (χ2v) is 4.75. The molecular weight excluding hydrogens is 206 g/mol. The fraction of sp³-hybridized carbons (Fsp3) is 0.375. The van der Waals surface area contributed by atoms with Gasteiger partial charge in [-0.1, -0.05) is 17.7 Å². The van der Waals surface area contributed by atoms with Crippen molar-refractivity contribution in [2.45, 2.75) is 26.7 Å². The molecule has 0 heterocycles. The van der Waals surface area contributed by atoms with Gasteiger partial charge in [0.1, 0.15) is 0 Å². The second-order valence-electron chi connectivity index (χ2n) is 4.75. The molecule has 1 nitrogen and oxygen atoms in total. The quantitative estimate of drug-likeness (QED) is 0.715. The zero-order chi connectivity index (χ0) is 12.8. The monoisotopic (exact) mass is 229 g/mol. The normalized spacial score (nSPS) is 11.9. The zero-order valence-corrected chi connectivity index (χ0v) is 11.2. The highest BCUT2D eigenvalue weighted by molar-refractivity contribution is 5.48. The molecule has 0 aromatic heterocycles. The van der Waals surface area contributed by atoms with Gasteiger partial charge in [0.05, 0.1) is 0 Å². The van der Waals surface area contributed by atoms with E-state index in [0.717, 1.165) is 12.8 Å². The van der Waals surface area contributed by atoms with Crippen molar-refractivity contribution in [2.24, 2.45) is 5.92 Å². The predicted molar refractivity (Wildman–Crippen MR) is 77.5 cm³/mol. The molecule has 1 atom stereocenters. The number of hydrogen-bond acceptors (Lipinski definition) is 1. The minimum atomic E-state index is 0.492. The van der Waals surface area contributed by atoms with Crippen LogP contribution in [0, 0.1) is 12.8 Å². The molecule has 0 saturated carbocycles. The third kappa shape index (κ3) is 4.10. The van der Waals surface area contributed by atoms with Crippen LogP contribution >= 0.6 is 0 Å². The van der Waals surface area contributed by atoms with Crippen molar-refractivity contribution in [1.29, 1.82) is 0 Å². The summed E-state index contributed by atoms with van der Waals surface area (Å²) >= 11 is 0. The van der Waals surface area contributed by atoms with Gasteiger partial charge < -0.3 is 5.32 Å². The maximum absolute atomic E-state index is 3.98. The van der Waals surface area contributed by atoms with Crippen LogP contribution in [0.5, 0.6) is 0 Å². The van der Waals surface area contributed by atoms with Crippen molar-refractivity contribution in [2.75, 3.05) is 12.4 Å². The van der Waals surface area contributed by atoms with Gasteiger partial charge in [-0.05, 0) is 55.9 Å². The Bertz CT molecular complexity index is 404. The molecule has 0 aliphatic carbocycles. The lowest BCUT2D eigenvalue weighted by molar-refractivity contribution is 0.640. The van der Waals surface area contributed by atoms with Crippen molar-refractivity contribution < 1.29 is 0 Å². The van der Waals surface area contributed by atoms with Crippen LogP contribution in [-0.2, 0) is 6.42 Å². The minimum Gasteiger partial charge on any atom is -0.388 e. The average molecular weight is 229 g/mol. The van der Waals surface area contributed by atoms with Gasteiger partial charge in [0.15, 0.2) is 0 Å². The SMILES string of the molecule is C=CC(CC(=C)C)Cc1ccc(NC)cc1C. The van der Waals surface area contributed by atoms with E-state index in [1.807, 2.05) is 13.1 Å². The highest BCUT2D eigenvalue weighted by Crippen LogP contribution is 2.21. The zero-order valence-electron chi connectivity index (χ0n) is 11.2. The molecule has 1 rings (SSSR count). The molecule has 1 aromatic rings. The molecule has 0 radical (unpaired) electrons. The molecule has 0 aliphatic heterocycles. The number of nitrogens with one attached hydrogen (secondary N) is 1. The van der Waals surface area contributed by atoms with Crippen LogP contribution in [0.15, 0.2) is 43.0 Å². The van der Waals surface area contributed by atoms with E-state index in [1.54, 1.807) is 0 Å². The van der Waals surface area contributed by atoms with Crippen molar-refractivity contribution >= 4 is 5.69 Å². The third-order valence-corrected chi connectivity index (χ3v) is 3.06. The molecule has 1 N–H and O–H groups in total. The molecule has 17 heavy (non-hydrogen) atoms. The van der Waals surface area contributed by atoms with E-state index in [4.69, 9.17) is 0 Å². The van der Waals surface area contributed by atoms with Crippen LogP contribution in [0.2, 0.25) is 0 Å². The van der Waals surface area contributed by atoms with Crippen LogP contribution in [-0.4, -0.2) is 7.05 Å². The number of rotatable bonds is 6. The van der Waals surface area contributed by atoms with Crippen LogP contribution < -0.4 is 5.32 Å². The lowest BCUT2D eigenvalue weighted by Crippen LogP contribution is -2.03. The van der Waals surface area contributed by atoms with E-state index in [-0.39, 0.29) is 0 Å². The Morgan fingerprint density at radius 2 is 2.18 bits per heavy atom. The van der Waals surface area contributed by atoms with E-state index in [0.29, 0.717) is 5.92 Å². The van der Waals surface area contributed by atoms with Crippen molar-refractivity contribution in [3.8, 4) is 0 Å². The van der Waals surface area contributed by atoms with Gasteiger partial charge in [0, 0.05) is 12.7 Å². The van der Waals surface area contributed by atoms with Crippen LogP contribution in [0.25, 0.3) is 0 Å². The standard InChI is InChI=1S/C16H23N/c1-6-14(9-12(2)3)11-15-7-8-16(17-5)10-13(15)4/h6-8,10,14,17H,1-2,9,11H2,3-5H3.